The Balaban J connectivity index is 1.65. The standard InChI is InChI=1S/C23H21FN2O6S/c1-2-31-22(27)15-32-18-7-5-6-17(14-18)25-23(28)16-10-12-19(13-11-16)33(29,30)26-21-9-4-3-8-20(21)24/h3-14,26H,2,15H2,1H3,(H,25,28). The van der Waals surface area contributed by atoms with Crippen molar-refractivity contribution in [1.82, 2.24) is 0 Å². The third kappa shape index (κ3) is 6.53. The third-order valence-corrected chi connectivity index (χ3v) is 5.68. The van der Waals surface area contributed by atoms with Gasteiger partial charge in [0.2, 0.25) is 0 Å². The van der Waals surface area contributed by atoms with Crippen LogP contribution >= 0.6 is 0 Å². The van der Waals surface area contributed by atoms with Gasteiger partial charge in [-0.05, 0) is 55.5 Å². The zero-order valence-corrected chi connectivity index (χ0v) is 18.4. The minimum Gasteiger partial charge on any atom is -0.482 e. The number of para-hydroxylation sites is 1. The van der Waals surface area contributed by atoms with E-state index in [-0.39, 0.29) is 29.4 Å². The number of benzene rings is 3. The maximum atomic E-state index is 13.8. The highest BCUT2D eigenvalue weighted by Gasteiger charge is 2.17. The van der Waals surface area contributed by atoms with Gasteiger partial charge in [0.25, 0.3) is 15.9 Å². The van der Waals surface area contributed by atoms with E-state index >= 15 is 0 Å². The largest absolute Gasteiger partial charge is 0.482 e. The Morgan fingerprint density at radius 3 is 2.39 bits per heavy atom. The predicted octanol–water partition coefficient (Wildman–Crippen LogP) is 3.82. The second kappa shape index (κ2) is 10.6. The van der Waals surface area contributed by atoms with Gasteiger partial charge in [-0.1, -0.05) is 18.2 Å². The summed E-state index contributed by atoms with van der Waals surface area (Å²) in [6, 6.07) is 17.0. The smallest absolute Gasteiger partial charge is 0.344 e. The Kier molecular flexibility index (Phi) is 7.62. The summed E-state index contributed by atoms with van der Waals surface area (Å²) in [5.74, 6) is -1.33. The van der Waals surface area contributed by atoms with Gasteiger partial charge in [0.15, 0.2) is 6.61 Å². The molecule has 0 aliphatic carbocycles. The van der Waals surface area contributed by atoms with Gasteiger partial charge in [-0.25, -0.2) is 17.6 Å². The quantitative estimate of drug-likeness (QED) is 0.458. The number of halogens is 1. The molecule has 1 amide bonds. The van der Waals surface area contributed by atoms with Gasteiger partial charge < -0.3 is 14.8 Å². The number of amides is 1. The van der Waals surface area contributed by atoms with Crippen LogP contribution in [-0.2, 0) is 19.6 Å². The van der Waals surface area contributed by atoms with Crippen LogP contribution in [0.1, 0.15) is 17.3 Å². The maximum absolute atomic E-state index is 13.8. The Hall–Kier alpha value is -3.92. The molecule has 3 rings (SSSR count). The number of hydrogen-bond donors (Lipinski definition) is 2. The van der Waals surface area contributed by atoms with Gasteiger partial charge in [0.05, 0.1) is 17.2 Å². The van der Waals surface area contributed by atoms with Crippen molar-refractivity contribution in [2.75, 3.05) is 23.3 Å². The highest BCUT2D eigenvalue weighted by atomic mass is 32.2. The van der Waals surface area contributed by atoms with Crippen LogP contribution in [0.2, 0.25) is 0 Å². The summed E-state index contributed by atoms with van der Waals surface area (Å²) in [7, 11) is -4.04. The molecule has 0 unspecified atom stereocenters. The summed E-state index contributed by atoms with van der Waals surface area (Å²) in [5, 5.41) is 2.67. The number of anilines is 2. The van der Waals surface area contributed by atoms with E-state index in [1.54, 1.807) is 25.1 Å². The maximum Gasteiger partial charge on any atom is 0.344 e. The molecular weight excluding hydrogens is 451 g/mol. The van der Waals surface area contributed by atoms with Crippen molar-refractivity contribution in [3.8, 4) is 5.75 Å². The minimum atomic E-state index is -4.04. The molecule has 8 nitrogen and oxygen atoms in total. The fraction of sp³-hybridized carbons (Fsp3) is 0.130. The second-order valence-corrected chi connectivity index (χ2v) is 8.37. The van der Waals surface area contributed by atoms with E-state index in [2.05, 4.69) is 10.0 Å². The molecule has 0 spiro atoms. The first-order valence-electron chi connectivity index (χ1n) is 9.86. The molecule has 10 heteroatoms. The van der Waals surface area contributed by atoms with Gasteiger partial charge in [-0.3, -0.25) is 9.52 Å². The van der Waals surface area contributed by atoms with E-state index in [0.717, 1.165) is 6.07 Å². The van der Waals surface area contributed by atoms with Crippen LogP contribution in [0.25, 0.3) is 0 Å². The van der Waals surface area contributed by atoms with E-state index < -0.39 is 27.7 Å². The molecule has 0 bridgehead atoms. The van der Waals surface area contributed by atoms with Gasteiger partial charge in [0, 0.05) is 17.3 Å². The molecule has 0 atom stereocenters. The van der Waals surface area contributed by atoms with Gasteiger partial charge in [-0.2, -0.15) is 0 Å². The fourth-order valence-electron chi connectivity index (χ4n) is 2.74. The minimum absolute atomic E-state index is 0.128. The van der Waals surface area contributed by atoms with Crippen molar-refractivity contribution in [1.29, 1.82) is 0 Å². The lowest BCUT2D eigenvalue weighted by Gasteiger charge is -2.10. The lowest BCUT2D eigenvalue weighted by molar-refractivity contribution is -0.145. The van der Waals surface area contributed by atoms with Crippen molar-refractivity contribution >= 4 is 33.3 Å². The summed E-state index contributed by atoms with van der Waals surface area (Å²) in [4.78, 5) is 23.8. The normalized spacial score (nSPS) is 10.8. The number of ether oxygens (including phenoxy) is 2. The van der Waals surface area contributed by atoms with Crippen LogP contribution in [-0.4, -0.2) is 33.5 Å². The summed E-state index contributed by atoms with van der Waals surface area (Å²) in [5.41, 5.74) is 0.446. The number of nitrogens with one attached hydrogen (secondary N) is 2. The molecule has 2 N–H and O–H groups in total. The van der Waals surface area contributed by atoms with Crippen molar-refractivity contribution in [2.45, 2.75) is 11.8 Å². The Morgan fingerprint density at radius 2 is 1.70 bits per heavy atom. The Morgan fingerprint density at radius 1 is 0.970 bits per heavy atom. The highest BCUT2D eigenvalue weighted by Crippen LogP contribution is 2.21. The van der Waals surface area contributed by atoms with E-state index in [4.69, 9.17) is 9.47 Å². The average Bonchev–Trinajstić information content (AvgIpc) is 2.80. The molecule has 0 saturated heterocycles. The molecule has 0 aliphatic rings. The Labute approximate surface area is 190 Å². The number of hydrogen-bond acceptors (Lipinski definition) is 6. The van der Waals surface area contributed by atoms with Gasteiger partial charge in [0.1, 0.15) is 11.6 Å². The first-order chi connectivity index (χ1) is 15.8. The van der Waals surface area contributed by atoms with Crippen LogP contribution < -0.4 is 14.8 Å². The van der Waals surface area contributed by atoms with E-state index in [9.17, 15) is 22.4 Å². The SMILES string of the molecule is CCOC(=O)COc1cccc(NC(=O)c2ccc(S(=O)(=O)Nc3ccccc3F)cc2)c1. The van der Waals surface area contributed by atoms with Crippen molar-refractivity contribution < 1.29 is 31.9 Å². The fourth-order valence-corrected chi connectivity index (χ4v) is 3.81. The number of rotatable bonds is 9. The number of carbonyl (C=O) groups excluding carboxylic acids is 2. The second-order valence-electron chi connectivity index (χ2n) is 6.69. The molecule has 0 heterocycles. The third-order valence-electron chi connectivity index (χ3n) is 4.30. The Bertz CT molecular complexity index is 1250. The first-order valence-corrected chi connectivity index (χ1v) is 11.3. The first kappa shape index (κ1) is 23.7. The zero-order chi connectivity index (χ0) is 23.8. The van der Waals surface area contributed by atoms with Crippen molar-refractivity contribution in [3.63, 3.8) is 0 Å². The molecule has 0 fully saturated rings. The molecule has 33 heavy (non-hydrogen) atoms. The molecule has 0 aromatic heterocycles. The predicted molar refractivity (Wildman–Crippen MR) is 120 cm³/mol. The summed E-state index contributed by atoms with van der Waals surface area (Å²) in [6.45, 7) is 1.68. The lowest BCUT2D eigenvalue weighted by Crippen LogP contribution is -2.16. The molecule has 0 aliphatic heterocycles. The van der Waals surface area contributed by atoms with Crippen molar-refractivity contribution in [2.24, 2.45) is 0 Å². The topological polar surface area (TPSA) is 111 Å². The summed E-state index contributed by atoms with van der Waals surface area (Å²) < 4.78 is 51.0. The van der Waals surface area contributed by atoms with E-state index in [0.29, 0.717) is 11.4 Å². The van der Waals surface area contributed by atoms with Gasteiger partial charge in [-0.15, -0.1) is 0 Å². The highest BCUT2D eigenvalue weighted by molar-refractivity contribution is 7.92. The molecule has 3 aromatic carbocycles. The molecule has 3 aromatic rings. The number of carbonyl (C=O) groups is 2. The van der Waals surface area contributed by atoms with Crippen LogP contribution in [0.4, 0.5) is 15.8 Å². The average molecular weight is 472 g/mol. The summed E-state index contributed by atoms with van der Waals surface area (Å²) in [6.07, 6.45) is 0. The van der Waals surface area contributed by atoms with E-state index in [1.165, 1.54) is 48.5 Å². The van der Waals surface area contributed by atoms with Crippen LogP contribution in [0.3, 0.4) is 0 Å². The van der Waals surface area contributed by atoms with Crippen LogP contribution in [0.15, 0.2) is 77.7 Å². The van der Waals surface area contributed by atoms with Crippen LogP contribution in [0, 0.1) is 5.82 Å². The molecule has 172 valence electrons. The number of esters is 1. The van der Waals surface area contributed by atoms with Crippen LogP contribution in [0.5, 0.6) is 5.75 Å². The molecule has 0 saturated carbocycles. The summed E-state index contributed by atoms with van der Waals surface area (Å²) >= 11 is 0. The van der Waals surface area contributed by atoms with E-state index in [1.807, 2.05) is 0 Å². The lowest BCUT2D eigenvalue weighted by atomic mass is 10.2. The van der Waals surface area contributed by atoms with Gasteiger partial charge >= 0.3 is 5.97 Å². The monoisotopic (exact) mass is 472 g/mol. The number of sulfonamides is 1. The molecule has 0 radical (unpaired) electrons. The molecular formula is C23H21FN2O6S. The van der Waals surface area contributed by atoms with Crippen molar-refractivity contribution in [3.05, 3.63) is 84.2 Å². The zero-order valence-electron chi connectivity index (χ0n) is 17.6.